The van der Waals surface area contributed by atoms with Crippen LogP contribution in [0.25, 0.3) is 0 Å². The van der Waals surface area contributed by atoms with Crippen molar-refractivity contribution in [3.05, 3.63) is 41.4 Å². The fourth-order valence-corrected chi connectivity index (χ4v) is 6.26. The summed E-state index contributed by atoms with van der Waals surface area (Å²) >= 11 is 6.09. The molecule has 2 aromatic rings. The molecule has 30 heavy (non-hydrogen) atoms. The molecule has 1 heterocycles. The normalized spacial score (nSPS) is 16.2. The first-order chi connectivity index (χ1) is 14.2. The van der Waals surface area contributed by atoms with Gasteiger partial charge in [-0.2, -0.15) is 0 Å². The standard InChI is InChI=1S/C19H23ClN2O6S2/c1-3-28-18-9-7-15(22-10-4-5-11-29(22,23)24)13-19(18)30(25,26)21-14-6-8-17(27-2)16(20)12-14/h6-9,12-13,21H,3-5,10-11H2,1-2H3. The van der Waals surface area contributed by atoms with E-state index in [9.17, 15) is 16.8 Å². The van der Waals surface area contributed by atoms with Crippen LogP contribution in [0, 0.1) is 0 Å². The molecule has 1 aliphatic rings. The molecule has 0 unspecified atom stereocenters. The van der Waals surface area contributed by atoms with Crippen LogP contribution in [0.3, 0.4) is 0 Å². The van der Waals surface area contributed by atoms with E-state index in [-0.39, 0.29) is 39.4 Å². The summed E-state index contributed by atoms with van der Waals surface area (Å²) in [6.07, 6.45) is 1.29. The molecular formula is C19H23ClN2O6S2. The zero-order chi connectivity index (χ0) is 21.9. The quantitative estimate of drug-likeness (QED) is 0.659. The van der Waals surface area contributed by atoms with Gasteiger partial charge in [-0.1, -0.05) is 11.6 Å². The number of hydrogen-bond acceptors (Lipinski definition) is 6. The van der Waals surface area contributed by atoms with Crippen LogP contribution in [0.15, 0.2) is 41.3 Å². The second-order valence-corrected chi connectivity index (χ2v) is 10.7. The molecule has 2 aromatic carbocycles. The lowest BCUT2D eigenvalue weighted by atomic mass is 10.2. The van der Waals surface area contributed by atoms with Gasteiger partial charge < -0.3 is 9.47 Å². The number of methoxy groups -OCH3 is 1. The number of nitrogens with one attached hydrogen (secondary N) is 1. The van der Waals surface area contributed by atoms with E-state index in [1.807, 2.05) is 0 Å². The summed E-state index contributed by atoms with van der Waals surface area (Å²) in [6, 6.07) is 8.83. The minimum Gasteiger partial charge on any atom is -0.495 e. The fourth-order valence-electron chi connectivity index (χ4n) is 3.16. The first kappa shape index (κ1) is 22.5. The first-order valence-corrected chi connectivity index (χ1v) is 12.8. The molecule has 11 heteroatoms. The maximum Gasteiger partial charge on any atom is 0.265 e. The number of benzene rings is 2. The number of hydrogen-bond donors (Lipinski definition) is 1. The summed E-state index contributed by atoms with van der Waals surface area (Å²) < 4.78 is 65.4. The minimum absolute atomic E-state index is 0.0326. The number of nitrogens with zero attached hydrogens (tertiary/aromatic N) is 1. The Morgan fingerprint density at radius 3 is 2.50 bits per heavy atom. The second-order valence-electron chi connectivity index (χ2n) is 6.61. The van der Waals surface area contributed by atoms with Crippen molar-refractivity contribution < 1.29 is 26.3 Å². The maximum absolute atomic E-state index is 13.1. The molecule has 1 N–H and O–H groups in total. The monoisotopic (exact) mass is 474 g/mol. The third kappa shape index (κ3) is 4.76. The first-order valence-electron chi connectivity index (χ1n) is 9.31. The SMILES string of the molecule is CCOc1ccc(N2CCCCS2(=O)=O)cc1S(=O)(=O)Nc1ccc(OC)c(Cl)c1. The van der Waals surface area contributed by atoms with Gasteiger partial charge in [0.15, 0.2) is 0 Å². The van der Waals surface area contributed by atoms with Crippen LogP contribution in [0.5, 0.6) is 11.5 Å². The molecule has 164 valence electrons. The maximum atomic E-state index is 13.1. The highest BCUT2D eigenvalue weighted by Gasteiger charge is 2.29. The number of rotatable bonds is 7. The molecule has 3 rings (SSSR count). The van der Waals surface area contributed by atoms with E-state index in [0.29, 0.717) is 25.1 Å². The van der Waals surface area contributed by atoms with E-state index in [1.54, 1.807) is 19.1 Å². The van der Waals surface area contributed by atoms with Gasteiger partial charge in [0.2, 0.25) is 10.0 Å². The predicted molar refractivity (Wildman–Crippen MR) is 117 cm³/mol. The van der Waals surface area contributed by atoms with Gasteiger partial charge in [0.05, 0.1) is 35.9 Å². The molecule has 8 nitrogen and oxygen atoms in total. The van der Waals surface area contributed by atoms with Crippen LogP contribution >= 0.6 is 11.6 Å². The molecule has 1 fully saturated rings. The highest BCUT2D eigenvalue weighted by Crippen LogP contribution is 2.34. The van der Waals surface area contributed by atoms with E-state index >= 15 is 0 Å². The number of anilines is 2. The molecular weight excluding hydrogens is 452 g/mol. The molecule has 0 radical (unpaired) electrons. The molecule has 1 aliphatic heterocycles. The van der Waals surface area contributed by atoms with Gasteiger partial charge in [-0.05, 0) is 56.2 Å². The average Bonchev–Trinajstić information content (AvgIpc) is 2.68. The third-order valence-corrected chi connectivity index (χ3v) is 8.13. The lowest BCUT2D eigenvalue weighted by Gasteiger charge is -2.29. The summed E-state index contributed by atoms with van der Waals surface area (Å²) in [6.45, 7) is 2.28. The average molecular weight is 475 g/mol. The van der Waals surface area contributed by atoms with Gasteiger partial charge in [0.1, 0.15) is 16.4 Å². The van der Waals surface area contributed by atoms with Crippen LogP contribution in [-0.4, -0.2) is 42.8 Å². The zero-order valence-electron chi connectivity index (χ0n) is 16.6. The summed E-state index contributed by atoms with van der Waals surface area (Å²) in [5, 5.41) is 0.246. The Bertz CT molecular complexity index is 1140. The van der Waals surface area contributed by atoms with Crippen molar-refractivity contribution in [1.82, 2.24) is 0 Å². The van der Waals surface area contributed by atoms with Gasteiger partial charge >= 0.3 is 0 Å². The van der Waals surface area contributed by atoms with Crippen molar-refractivity contribution in [2.45, 2.75) is 24.7 Å². The van der Waals surface area contributed by atoms with E-state index in [2.05, 4.69) is 4.72 Å². The number of ether oxygens (including phenoxy) is 2. The van der Waals surface area contributed by atoms with E-state index < -0.39 is 20.0 Å². The van der Waals surface area contributed by atoms with Crippen LogP contribution in [-0.2, 0) is 20.0 Å². The largest absolute Gasteiger partial charge is 0.495 e. The Morgan fingerprint density at radius 2 is 1.87 bits per heavy atom. The number of halogens is 1. The highest BCUT2D eigenvalue weighted by atomic mass is 35.5. The zero-order valence-corrected chi connectivity index (χ0v) is 19.0. The molecule has 0 saturated carbocycles. The summed E-state index contributed by atoms with van der Waals surface area (Å²) in [5.41, 5.74) is 0.519. The van der Waals surface area contributed by atoms with Crippen LogP contribution in [0.1, 0.15) is 19.8 Å². The van der Waals surface area contributed by atoms with E-state index in [1.165, 1.54) is 35.7 Å². The summed E-state index contributed by atoms with van der Waals surface area (Å²) in [5.74, 6) is 0.569. The van der Waals surface area contributed by atoms with Crippen molar-refractivity contribution in [2.75, 3.05) is 35.0 Å². The molecule has 0 bridgehead atoms. The molecule has 0 spiro atoms. The third-order valence-electron chi connectivity index (χ3n) is 4.56. The van der Waals surface area contributed by atoms with Crippen LogP contribution < -0.4 is 18.5 Å². The fraction of sp³-hybridized carbons (Fsp3) is 0.368. The Hall–Kier alpha value is -2.17. The van der Waals surface area contributed by atoms with Gasteiger partial charge in [0, 0.05) is 6.54 Å². The Morgan fingerprint density at radius 1 is 1.13 bits per heavy atom. The smallest absolute Gasteiger partial charge is 0.265 e. The molecule has 0 atom stereocenters. The van der Waals surface area contributed by atoms with Crippen LogP contribution in [0.2, 0.25) is 5.02 Å². The molecule has 0 amide bonds. The van der Waals surface area contributed by atoms with Crippen molar-refractivity contribution in [3.63, 3.8) is 0 Å². The highest BCUT2D eigenvalue weighted by molar-refractivity contribution is 7.93. The molecule has 0 aromatic heterocycles. The minimum atomic E-state index is -4.10. The van der Waals surface area contributed by atoms with Crippen molar-refractivity contribution in [2.24, 2.45) is 0 Å². The topological polar surface area (TPSA) is 102 Å². The lowest BCUT2D eigenvalue weighted by Crippen LogP contribution is -2.37. The van der Waals surface area contributed by atoms with Gasteiger partial charge in [-0.3, -0.25) is 9.03 Å². The van der Waals surface area contributed by atoms with Crippen molar-refractivity contribution >= 4 is 43.0 Å². The van der Waals surface area contributed by atoms with E-state index in [0.717, 1.165) is 0 Å². The van der Waals surface area contributed by atoms with E-state index in [4.69, 9.17) is 21.1 Å². The summed E-state index contributed by atoms with van der Waals surface area (Å²) in [7, 11) is -6.13. The van der Waals surface area contributed by atoms with Crippen molar-refractivity contribution in [3.8, 4) is 11.5 Å². The number of sulfonamides is 2. The molecule has 1 saturated heterocycles. The van der Waals surface area contributed by atoms with Crippen LogP contribution in [0.4, 0.5) is 11.4 Å². The Labute approximate surface area is 181 Å². The lowest BCUT2D eigenvalue weighted by molar-refractivity contribution is 0.331. The molecule has 0 aliphatic carbocycles. The van der Waals surface area contributed by atoms with Gasteiger partial charge in [-0.15, -0.1) is 0 Å². The van der Waals surface area contributed by atoms with Gasteiger partial charge in [0.25, 0.3) is 10.0 Å². The predicted octanol–water partition coefficient (Wildman–Crippen LogP) is 3.48. The summed E-state index contributed by atoms with van der Waals surface area (Å²) in [4.78, 5) is -0.158. The Balaban J connectivity index is 2.02. The Kier molecular flexibility index (Phi) is 6.68. The second kappa shape index (κ2) is 8.91. The van der Waals surface area contributed by atoms with Gasteiger partial charge in [-0.25, -0.2) is 16.8 Å². The van der Waals surface area contributed by atoms with Crippen molar-refractivity contribution in [1.29, 1.82) is 0 Å².